The molecule has 6 nitrogen and oxygen atoms in total. The van der Waals surface area contributed by atoms with Crippen molar-refractivity contribution in [3.05, 3.63) is 85.1 Å². The Morgan fingerprint density at radius 2 is 0.506 bits per heavy atom. The van der Waals surface area contributed by atoms with E-state index < -0.39 is 6.10 Å². The van der Waals surface area contributed by atoms with Crippen molar-refractivity contribution < 1.29 is 28.6 Å². The van der Waals surface area contributed by atoms with Crippen LogP contribution in [0.2, 0.25) is 0 Å². The highest BCUT2D eigenvalue weighted by Gasteiger charge is 2.19. The smallest absolute Gasteiger partial charge is 0.306 e. The van der Waals surface area contributed by atoms with Gasteiger partial charge in [0.2, 0.25) is 0 Å². The van der Waals surface area contributed by atoms with Gasteiger partial charge in [0.1, 0.15) is 13.2 Å². The van der Waals surface area contributed by atoms with E-state index in [4.69, 9.17) is 14.2 Å². The number of esters is 3. The fourth-order valence-electron chi connectivity index (χ4n) is 9.44. The molecule has 0 aromatic rings. The summed E-state index contributed by atoms with van der Waals surface area (Å²) in [6, 6.07) is 0. The van der Waals surface area contributed by atoms with Gasteiger partial charge in [0.25, 0.3) is 0 Å². The number of rotatable bonds is 60. The van der Waals surface area contributed by atoms with Crippen molar-refractivity contribution in [2.75, 3.05) is 13.2 Å². The van der Waals surface area contributed by atoms with E-state index in [1.165, 1.54) is 180 Å². The van der Waals surface area contributed by atoms with Crippen molar-refractivity contribution in [1.29, 1.82) is 0 Å². The van der Waals surface area contributed by atoms with Crippen molar-refractivity contribution >= 4 is 17.9 Å². The quantitative estimate of drug-likeness (QED) is 0.0261. The number of carbonyl (C=O) groups is 3. The molecule has 0 aromatic carbocycles. The molecule has 0 spiro atoms. The van der Waals surface area contributed by atoms with E-state index in [-0.39, 0.29) is 31.1 Å². The maximum absolute atomic E-state index is 12.9. The number of unbranched alkanes of at least 4 members (excludes halogenated alkanes) is 35. The maximum Gasteiger partial charge on any atom is 0.306 e. The van der Waals surface area contributed by atoms with Crippen LogP contribution in [0.1, 0.15) is 329 Å². The van der Waals surface area contributed by atoms with Gasteiger partial charge in [0.15, 0.2) is 6.10 Å². The lowest BCUT2D eigenvalue weighted by Gasteiger charge is -2.18. The van der Waals surface area contributed by atoms with Gasteiger partial charge in [-0.25, -0.2) is 0 Å². The first kappa shape index (κ1) is 73.6. The average molecular weight is 1070 g/mol. The zero-order chi connectivity index (χ0) is 55.7. The molecule has 0 aliphatic heterocycles. The topological polar surface area (TPSA) is 78.9 Å². The number of ether oxygens (including phenoxy) is 3. The Morgan fingerprint density at radius 1 is 0.273 bits per heavy atom. The largest absolute Gasteiger partial charge is 0.462 e. The van der Waals surface area contributed by atoms with Crippen LogP contribution in [-0.2, 0) is 28.6 Å². The zero-order valence-corrected chi connectivity index (χ0v) is 51.0. The first-order valence-electron chi connectivity index (χ1n) is 33.1. The third-order valence-electron chi connectivity index (χ3n) is 14.4. The van der Waals surface area contributed by atoms with Crippen LogP contribution in [0.25, 0.3) is 0 Å². The summed E-state index contributed by atoms with van der Waals surface area (Å²) in [5.74, 6) is -0.934. The number of carbonyl (C=O) groups excluding carboxylic acids is 3. The van der Waals surface area contributed by atoms with E-state index in [2.05, 4.69) is 106 Å². The molecule has 0 N–H and O–H groups in total. The molecule has 77 heavy (non-hydrogen) atoms. The highest BCUT2D eigenvalue weighted by molar-refractivity contribution is 5.71. The molecule has 0 bridgehead atoms. The van der Waals surface area contributed by atoms with E-state index in [9.17, 15) is 14.4 Å². The average Bonchev–Trinajstić information content (AvgIpc) is 3.43. The first-order chi connectivity index (χ1) is 38.0. The lowest BCUT2D eigenvalue weighted by atomic mass is 10.0. The number of allylic oxidation sites excluding steroid dienone is 14. The van der Waals surface area contributed by atoms with E-state index >= 15 is 0 Å². The summed E-state index contributed by atoms with van der Waals surface area (Å²) in [7, 11) is 0. The maximum atomic E-state index is 12.9. The molecule has 0 rings (SSSR count). The SMILES string of the molecule is CC/C=C\C/C=C\C/C=C\C/C=C\CCCCC(=O)OCC(COC(=O)CCCCCCCCCCCCCCCCCCCCCCCCC)OC(=O)CCCCCCCC/C=C\C/C=C\C/C=C\CCCCCCC. The van der Waals surface area contributed by atoms with Crippen LogP contribution in [0.5, 0.6) is 0 Å². The Bertz CT molecular complexity index is 1470. The second-order valence-electron chi connectivity index (χ2n) is 22.0. The van der Waals surface area contributed by atoms with Crippen molar-refractivity contribution in [3.63, 3.8) is 0 Å². The Morgan fingerprint density at radius 3 is 0.818 bits per heavy atom. The molecular weight excluding hydrogens is 949 g/mol. The van der Waals surface area contributed by atoms with Crippen molar-refractivity contribution in [2.24, 2.45) is 0 Å². The predicted molar refractivity (Wildman–Crippen MR) is 334 cm³/mol. The summed E-state index contributed by atoms with van der Waals surface area (Å²) >= 11 is 0. The summed E-state index contributed by atoms with van der Waals surface area (Å²) in [4.78, 5) is 38.3. The molecule has 0 aliphatic rings. The molecule has 0 amide bonds. The Kier molecular flexibility index (Phi) is 62.2. The normalized spacial score (nSPS) is 12.6. The van der Waals surface area contributed by atoms with Crippen LogP contribution in [0.4, 0.5) is 0 Å². The van der Waals surface area contributed by atoms with Crippen molar-refractivity contribution in [2.45, 2.75) is 335 Å². The van der Waals surface area contributed by atoms with Crippen molar-refractivity contribution in [1.82, 2.24) is 0 Å². The monoisotopic (exact) mass is 1070 g/mol. The highest BCUT2D eigenvalue weighted by atomic mass is 16.6. The van der Waals surface area contributed by atoms with Gasteiger partial charge in [0, 0.05) is 19.3 Å². The molecule has 0 aliphatic carbocycles. The summed E-state index contributed by atoms with van der Waals surface area (Å²) in [5.41, 5.74) is 0. The van der Waals surface area contributed by atoms with Gasteiger partial charge in [-0.1, -0.05) is 298 Å². The standard InChI is InChI=1S/C71H124O6/c1-4-7-10-13-16-19-22-25-28-30-32-34-35-37-38-40-43-46-49-52-55-58-61-64-70(73)76-67-68(66-75-69(72)63-60-57-54-51-48-45-42-27-24-21-18-15-12-9-6-3)77-71(74)65-62-59-56-53-50-47-44-41-39-36-33-31-29-26-23-20-17-14-11-8-5-2/h9,12,18,21,23,26-27,31,33,39,41-42,48,51,68H,4-8,10-11,13-17,19-20,22,24-25,28-30,32,34-38,40,43-47,49-50,52-67H2,1-3H3/b12-9-,21-18-,26-23-,33-31-,41-39-,42-27-,51-48-. The first-order valence-corrected chi connectivity index (χ1v) is 33.1. The van der Waals surface area contributed by atoms with E-state index in [1.807, 2.05) is 0 Å². The molecule has 0 heterocycles. The second-order valence-corrected chi connectivity index (χ2v) is 22.0. The molecule has 0 saturated carbocycles. The van der Waals surface area contributed by atoms with Gasteiger partial charge >= 0.3 is 17.9 Å². The van der Waals surface area contributed by atoms with E-state index in [0.717, 1.165) is 109 Å². The number of hydrogen-bond donors (Lipinski definition) is 0. The summed E-state index contributed by atoms with van der Waals surface area (Å²) < 4.78 is 16.9. The van der Waals surface area contributed by atoms with E-state index in [0.29, 0.717) is 19.3 Å². The van der Waals surface area contributed by atoms with Crippen LogP contribution in [0, 0.1) is 0 Å². The molecule has 0 radical (unpaired) electrons. The second kappa shape index (κ2) is 65.1. The third-order valence-corrected chi connectivity index (χ3v) is 14.4. The van der Waals surface area contributed by atoms with Gasteiger partial charge in [-0.3, -0.25) is 14.4 Å². The fraction of sp³-hybridized carbons (Fsp3) is 0.761. The van der Waals surface area contributed by atoms with Crippen LogP contribution < -0.4 is 0 Å². The Balaban J connectivity index is 4.38. The van der Waals surface area contributed by atoms with Gasteiger partial charge in [-0.2, -0.15) is 0 Å². The minimum atomic E-state index is -0.801. The lowest BCUT2D eigenvalue weighted by molar-refractivity contribution is -0.167. The molecule has 1 atom stereocenters. The minimum Gasteiger partial charge on any atom is -0.462 e. The fourth-order valence-corrected chi connectivity index (χ4v) is 9.44. The number of hydrogen-bond acceptors (Lipinski definition) is 6. The Labute approximate surface area is 477 Å². The predicted octanol–water partition coefficient (Wildman–Crippen LogP) is 22.7. The van der Waals surface area contributed by atoms with Crippen LogP contribution >= 0.6 is 0 Å². The molecule has 444 valence electrons. The lowest BCUT2D eigenvalue weighted by Crippen LogP contribution is -2.30. The van der Waals surface area contributed by atoms with Crippen LogP contribution in [0.15, 0.2) is 85.1 Å². The molecule has 0 aromatic heterocycles. The molecule has 0 saturated heterocycles. The summed E-state index contributed by atoms with van der Waals surface area (Å²) in [5, 5.41) is 0. The zero-order valence-electron chi connectivity index (χ0n) is 51.0. The van der Waals surface area contributed by atoms with Crippen LogP contribution in [-0.4, -0.2) is 37.2 Å². The Hall–Kier alpha value is -3.41. The third kappa shape index (κ3) is 63.3. The summed E-state index contributed by atoms with van der Waals surface area (Å²) in [6.07, 6.45) is 86.0. The minimum absolute atomic E-state index is 0.0928. The van der Waals surface area contributed by atoms with Gasteiger partial charge in [0.05, 0.1) is 0 Å². The molecule has 6 heteroatoms. The van der Waals surface area contributed by atoms with Crippen LogP contribution in [0.3, 0.4) is 0 Å². The molecule has 1 unspecified atom stereocenters. The van der Waals surface area contributed by atoms with Crippen molar-refractivity contribution in [3.8, 4) is 0 Å². The highest BCUT2D eigenvalue weighted by Crippen LogP contribution is 2.17. The summed E-state index contributed by atoms with van der Waals surface area (Å²) in [6.45, 7) is 6.51. The molecule has 0 fully saturated rings. The van der Waals surface area contributed by atoms with E-state index in [1.54, 1.807) is 0 Å². The van der Waals surface area contributed by atoms with Gasteiger partial charge in [-0.05, 0) is 96.3 Å². The molecular formula is C71H124O6. The van der Waals surface area contributed by atoms with Gasteiger partial charge < -0.3 is 14.2 Å². The van der Waals surface area contributed by atoms with Gasteiger partial charge in [-0.15, -0.1) is 0 Å².